The standard InChI is InChI=1S/C17H20N2O2/c20-16(12-13-6-4-5-7-13)18-15-10-11-19(17(15)21)14-8-2-1-3-9-14/h1-4,6,8-9,13,15H,5,7,10-12H2,(H,18,20). The van der Waals surface area contributed by atoms with Crippen molar-refractivity contribution >= 4 is 17.5 Å². The van der Waals surface area contributed by atoms with Gasteiger partial charge >= 0.3 is 0 Å². The third-order valence-electron chi connectivity index (χ3n) is 4.17. The number of amides is 2. The van der Waals surface area contributed by atoms with Crippen LogP contribution in [0.25, 0.3) is 0 Å². The van der Waals surface area contributed by atoms with Gasteiger partial charge in [-0.2, -0.15) is 0 Å². The van der Waals surface area contributed by atoms with Crippen molar-refractivity contribution in [3.05, 3.63) is 42.5 Å². The Kier molecular flexibility index (Phi) is 4.04. The summed E-state index contributed by atoms with van der Waals surface area (Å²) in [6.07, 6.45) is 7.50. The van der Waals surface area contributed by atoms with E-state index in [9.17, 15) is 9.59 Å². The van der Waals surface area contributed by atoms with Gasteiger partial charge in [0.2, 0.25) is 11.8 Å². The molecule has 1 aliphatic carbocycles. The minimum absolute atomic E-state index is 0.00323. The van der Waals surface area contributed by atoms with Crippen molar-refractivity contribution in [3.63, 3.8) is 0 Å². The van der Waals surface area contributed by atoms with Crippen molar-refractivity contribution in [3.8, 4) is 0 Å². The lowest BCUT2D eigenvalue weighted by atomic mass is 10.0. The first-order chi connectivity index (χ1) is 10.2. The second-order valence-electron chi connectivity index (χ2n) is 5.70. The summed E-state index contributed by atoms with van der Waals surface area (Å²) in [6.45, 7) is 0.664. The van der Waals surface area contributed by atoms with Crippen LogP contribution in [0.3, 0.4) is 0 Å². The van der Waals surface area contributed by atoms with Crippen molar-refractivity contribution in [2.24, 2.45) is 5.92 Å². The molecule has 3 rings (SSSR count). The molecule has 0 saturated carbocycles. The Labute approximate surface area is 124 Å². The van der Waals surface area contributed by atoms with Gasteiger partial charge in [-0.25, -0.2) is 0 Å². The van der Waals surface area contributed by atoms with Crippen molar-refractivity contribution in [2.45, 2.75) is 31.7 Å². The number of rotatable bonds is 4. The molecule has 4 nitrogen and oxygen atoms in total. The fourth-order valence-corrected chi connectivity index (χ4v) is 3.03. The van der Waals surface area contributed by atoms with Gasteiger partial charge in [0.05, 0.1) is 0 Å². The first-order valence-corrected chi connectivity index (χ1v) is 7.56. The summed E-state index contributed by atoms with van der Waals surface area (Å²) >= 11 is 0. The molecule has 2 aliphatic rings. The normalized spacial score (nSPS) is 24.6. The van der Waals surface area contributed by atoms with Crippen LogP contribution in [0.5, 0.6) is 0 Å². The molecule has 1 saturated heterocycles. The molecular weight excluding hydrogens is 264 g/mol. The molecule has 0 bridgehead atoms. The zero-order chi connectivity index (χ0) is 14.7. The number of para-hydroxylation sites is 1. The summed E-state index contributed by atoms with van der Waals surface area (Å²) in [5, 5.41) is 2.89. The number of hydrogen-bond donors (Lipinski definition) is 1. The highest BCUT2D eigenvalue weighted by Crippen LogP contribution is 2.23. The van der Waals surface area contributed by atoms with Crippen LogP contribution < -0.4 is 10.2 Å². The van der Waals surface area contributed by atoms with E-state index in [1.165, 1.54) is 0 Å². The number of benzene rings is 1. The van der Waals surface area contributed by atoms with Crippen LogP contribution in [0, 0.1) is 5.92 Å². The molecule has 1 heterocycles. The molecule has 0 spiro atoms. The predicted molar refractivity (Wildman–Crippen MR) is 81.8 cm³/mol. The summed E-state index contributed by atoms with van der Waals surface area (Å²) in [5.41, 5.74) is 0.901. The maximum atomic E-state index is 12.4. The van der Waals surface area contributed by atoms with Crippen LogP contribution in [-0.4, -0.2) is 24.4 Å². The van der Waals surface area contributed by atoms with Crippen LogP contribution in [0.15, 0.2) is 42.5 Å². The number of anilines is 1. The average Bonchev–Trinajstić information content (AvgIpc) is 3.11. The Balaban J connectivity index is 1.56. The van der Waals surface area contributed by atoms with E-state index in [1.807, 2.05) is 30.3 Å². The second kappa shape index (κ2) is 6.12. The van der Waals surface area contributed by atoms with Gasteiger partial charge in [-0.3, -0.25) is 9.59 Å². The number of hydrogen-bond acceptors (Lipinski definition) is 2. The largest absolute Gasteiger partial charge is 0.344 e. The van der Waals surface area contributed by atoms with Crippen LogP contribution >= 0.6 is 0 Å². The highest BCUT2D eigenvalue weighted by Gasteiger charge is 2.33. The summed E-state index contributed by atoms with van der Waals surface area (Å²) < 4.78 is 0. The maximum Gasteiger partial charge on any atom is 0.249 e. The van der Waals surface area contributed by atoms with Gasteiger partial charge in [0.15, 0.2) is 0 Å². The lowest BCUT2D eigenvalue weighted by Crippen LogP contribution is -2.41. The monoisotopic (exact) mass is 284 g/mol. The summed E-state index contributed by atoms with van der Waals surface area (Å²) in [4.78, 5) is 26.2. The minimum atomic E-state index is -0.372. The molecule has 4 heteroatoms. The van der Waals surface area contributed by atoms with Crippen molar-refractivity contribution in [1.29, 1.82) is 0 Å². The van der Waals surface area contributed by atoms with Gasteiger partial charge in [0.25, 0.3) is 0 Å². The van der Waals surface area contributed by atoms with E-state index in [0.717, 1.165) is 18.5 Å². The molecule has 110 valence electrons. The van der Waals surface area contributed by atoms with Crippen molar-refractivity contribution < 1.29 is 9.59 Å². The molecular formula is C17H20N2O2. The highest BCUT2D eigenvalue weighted by atomic mass is 16.2. The van der Waals surface area contributed by atoms with E-state index >= 15 is 0 Å². The Hall–Kier alpha value is -2.10. The molecule has 1 aliphatic heterocycles. The average molecular weight is 284 g/mol. The van der Waals surface area contributed by atoms with E-state index in [1.54, 1.807) is 4.90 Å². The summed E-state index contributed by atoms with van der Waals surface area (Å²) in [7, 11) is 0. The second-order valence-corrected chi connectivity index (χ2v) is 5.70. The Bertz CT molecular complexity index is 553. The van der Waals surface area contributed by atoms with Crippen LogP contribution in [-0.2, 0) is 9.59 Å². The van der Waals surface area contributed by atoms with E-state index in [2.05, 4.69) is 17.5 Å². The van der Waals surface area contributed by atoms with Gasteiger partial charge < -0.3 is 10.2 Å². The van der Waals surface area contributed by atoms with E-state index < -0.39 is 0 Å². The number of nitrogens with zero attached hydrogens (tertiary/aromatic N) is 1. The van der Waals surface area contributed by atoms with Gasteiger partial charge in [0, 0.05) is 18.7 Å². The van der Waals surface area contributed by atoms with Gasteiger partial charge in [0.1, 0.15) is 6.04 Å². The molecule has 1 aromatic carbocycles. The Morgan fingerprint density at radius 3 is 2.76 bits per heavy atom. The zero-order valence-electron chi connectivity index (χ0n) is 12.0. The molecule has 1 N–H and O–H groups in total. The molecule has 2 atom stereocenters. The molecule has 1 fully saturated rings. The topological polar surface area (TPSA) is 49.4 Å². The Morgan fingerprint density at radius 2 is 2.05 bits per heavy atom. The SMILES string of the molecule is O=C(CC1C=CCC1)NC1CCN(c2ccccc2)C1=O. The van der Waals surface area contributed by atoms with Gasteiger partial charge in [-0.1, -0.05) is 30.4 Å². The maximum absolute atomic E-state index is 12.4. The van der Waals surface area contributed by atoms with Crippen LogP contribution in [0.1, 0.15) is 25.7 Å². The van der Waals surface area contributed by atoms with Crippen molar-refractivity contribution in [1.82, 2.24) is 5.32 Å². The summed E-state index contributed by atoms with van der Waals surface area (Å²) in [6, 6.07) is 9.24. The highest BCUT2D eigenvalue weighted by molar-refractivity contribution is 6.01. The fraction of sp³-hybridized carbons (Fsp3) is 0.412. The minimum Gasteiger partial charge on any atom is -0.344 e. The fourth-order valence-electron chi connectivity index (χ4n) is 3.03. The number of allylic oxidation sites excluding steroid dienone is 2. The Morgan fingerprint density at radius 1 is 1.24 bits per heavy atom. The molecule has 0 aromatic heterocycles. The first kappa shape index (κ1) is 13.9. The molecule has 2 unspecified atom stereocenters. The van der Waals surface area contributed by atoms with Gasteiger partial charge in [-0.05, 0) is 37.3 Å². The van der Waals surface area contributed by atoms with E-state index in [0.29, 0.717) is 25.3 Å². The first-order valence-electron chi connectivity index (χ1n) is 7.56. The van der Waals surface area contributed by atoms with E-state index in [4.69, 9.17) is 0 Å². The van der Waals surface area contributed by atoms with Gasteiger partial charge in [-0.15, -0.1) is 0 Å². The zero-order valence-corrected chi connectivity index (χ0v) is 12.0. The van der Waals surface area contributed by atoms with Crippen molar-refractivity contribution in [2.75, 3.05) is 11.4 Å². The number of carbonyl (C=O) groups is 2. The lowest BCUT2D eigenvalue weighted by molar-refractivity contribution is -0.126. The molecule has 1 aromatic rings. The lowest BCUT2D eigenvalue weighted by Gasteiger charge is -2.17. The third-order valence-corrected chi connectivity index (χ3v) is 4.17. The van der Waals surface area contributed by atoms with E-state index in [-0.39, 0.29) is 17.9 Å². The quantitative estimate of drug-likeness (QED) is 0.862. The van der Waals surface area contributed by atoms with Crippen LogP contribution in [0.2, 0.25) is 0 Å². The molecule has 2 amide bonds. The summed E-state index contributed by atoms with van der Waals surface area (Å²) in [5.74, 6) is 0.322. The number of nitrogens with one attached hydrogen (secondary N) is 1. The smallest absolute Gasteiger partial charge is 0.249 e. The molecule has 0 radical (unpaired) electrons. The molecule has 21 heavy (non-hydrogen) atoms. The predicted octanol–water partition coefficient (Wildman–Crippen LogP) is 2.26. The number of carbonyl (C=O) groups excluding carboxylic acids is 2. The van der Waals surface area contributed by atoms with Crippen LogP contribution in [0.4, 0.5) is 5.69 Å². The third kappa shape index (κ3) is 3.15.